The summed E-state index contributed by atoms with van der Waals surface area (Å²) in [6, 6.07) is 6.22. The fourth-order valence-corrected chi connectivity index (χ4v) is 2.33. The highest BCUT2D eigenvalue weighted by Crippen LogP contribution is 2.18. The van der Waals surface area contributed by atoms with Crippen LogP contribution in [0.3, 0.4) is 0 Å². The van der Waals surface area contributed by atoms with Crippen molar-refractivity contribution < 1.29 is 0 Å². The lowest BCUT2D eigenvalue weighted by molar-refractivity contribution is 0.779. The van der Waals surface area contributed by atoms with Gasteiger partial charge in [-0.3, -0.25) is 0 Å². The largest absolute Gasteiger partial charge is 0.216 e. The first-order chi connectivity index (χ1) is 8.15. The molecule has 0 fully saturated rings. The number of aromatic nitrogens is 3. The van der Waals surface area contributed by atoms with Crippen LogP contribution in [0.25, 0.3) is 5.69 Å². The molecule has 0 aliphatic carbocycles. The maximum atomic E-state index is 5.93. The molecule has 1 aromatic carbocycles. The standard InChI is InChI=1S/C12H13Cl2N3/c1-8-3-9(2)5-10(4-8)17-12(7-14)11(6-13)15-16-17/h3-5H,6-7H2,1-2H3. The van der Waals surface area contributed by atoms with Gasteiger partial charge in [-0.2, -0.15) is 0 Å². The lowest BCUT2D eigenvalue weighted by Gasteiger charge is -2.07. The molecule has 2 aromatic rings. The molecule has 0 aliphatic rings. The summed E-state index contributed by atoms with van der Waals surface area (Å²) in [7, 11) is 0. The summed E-state index contributed by atoms with van der Waals surface area (Å²) in [5.74, 6) is 0.675. The molecule has 0 N–H and O–H groups in total. The van der Waals surface area contributed by atoms with E-state index in [9.17, 15) is 0 Å². The van der Waals surface area contributed by atoms with Gasteiger partial charge in [-0.15, -0.1) is 28.3 Å². The Kier molecular flexibility index (Phi) is 3.69. The summed E-state index contributed by atoms with van der Waals surface area (Å²) < 4.78 is 1.75. The van der Waals surface area contributed by atoms with Gasteiger partial charge in [0.05, 0.1) is 23.1 Å². The molecule has 90 valence electrons. The van der Waals surface area contributed by atoms with Gasteiger partial charge in [-0.25, -0.2) is 4.68 Å². The molecule has 0 radical (unpaired) electrons. The van der Waals surface area contributed by atoms with Crippen LogP contribution in [0, 0.1) is 13.8 Å². The van der Waals surface area contributed by atoms with Crippen LogP contribution in [0.4, 0.5) is 0 Å². The molecule has 0 aliphatic heterocycles. The summed E-state index contributed by atoms with van der Waals surface area (Å²) in [4.78, 5) is 0. The molecule has 5 heteroatoms. The van der Waals surface area contributed by atoms with Gasteiger partial charge in [0.15, 0.2) is 0 Å². The van der Waals surface area contributed by atoms with E-state index in [1.807, 2.05) is 0 Å². The Morgan fingerprint density at radius 1 is 1.06 bits per heavy atom. The van der Waals surface area contributed by atoms with Crippen LogP contribution in [-0.4, -0.2) is 15.0 Å². The number of nitrogens with zero attached hydrogens (tertiary/aromatic N) is 3. The highest BCUT2D eigenvalue weighted by atomic mass is 35.5. The number of rotatable bonds is 3. The van der Waals surface area contributed by atoms with Crippen molar-refractivity contribution in [2.45, 2.75) is 25.6 Å². The van der Waals surface area contributed by atoms with Gasteiger partial charge in [0.2, 0.25) is 0 Å². The van der Waals surface area contributed by atoms with Gasteiger partial charge in [0.25, 0.3) is 0 Å². The molecule has 2 rings (SSSR count). The van der Waals surface area contributed by atoms with E-state index in [4.69, 9.17) is 23.2 Å². The van der Waals surface area contributed by atoms with Crippen molar-refractivity contribution in [3.8, 4) is 5.69 Å². The highest BCUT2D eigenvalue weighted by Gasteiger charge is 2.12. The molecule has 0 amide bonds. The normalized spacial score (nSPS) is 10.8. The third kappa shape index (κ3) is 2.45. The van der Waals surface area contributed by atoms with E-state index in [-0.39, 0.29) is 0 Å². The molecule has 3 nitrogen and oxygen atoms in total. The smallest absolute Gasteiger partial charge is 0.102 e. The molecule has 1 heterocycles. The fraction of sp³-hybridized carbons (Fsp3) is 0.333. The average Bonchev–Trinajstić information content (AvgIpc) is 2.70. The minimum atomic E-state index is 0.326. The van der Waals surface area contributed by atoms with Crippen molar-refractivity contribution in [3.63, 3.8) is 0 Å². The fourth-order valence-electron chi connectivity index (χ4n) is 1.85. The molecular formula is C12H13Cl2N3. The minimum Gasteiger partial charge on any atom is -0.216 e. The number of benzene rings is 1. The average molecular weight is 270 g/mol. The number of hydrogen-bond donors (Lipinski definition) is 0. The number of aryl methyl sites for hydroxylation is 2. The topological polar surface area (TPSA) is 30.7 Å². The minimum absolute atomic E-state index is 0.326. The molecular weight excluding hydrogens is 257 g/mol. The molecule has 0 unspecified atom stereocenters. The predicted octanol–water partition coefficient (Wildman–Crippen LogP) is 3.36. The first-order valence-electron chi connectivity index (χ1n) is 5.29. The van der Waals surface area contributed by atoms with E-state index < -0.39 is 0 Å². The Hall–Kier alpha value is -1.06. The van der Waals surface area contributed by atoms with Gasteiger partial charge in [0, 0.05) is 0 Å². The SMILES string of the molecule is Cc1cc(C)cc(-n2nnc(CCl)c2CCl)c1. The first kappa shape index (κ1) is 12.4. The van der Waals surface area contributed by atoms with Crippen molar-refractivity contribution in [2.75, 3.05) is 0 Å². The molecule has 0 spiro atoms. The summed E-state index contributed by atoms with van der Waals surface area (Å²) in [5.41, 5.74) is 4.93. The highest BCUT2D eigenvalue weighted by molar-refractivity contribution is 6.18. The lowest BCUT2D eigenvalue weighted by atomic mass is 10.1. The lowest BCUT2D eigenvalue weighted by Crippen LogP contribution is -2.02. The van der Waals surface area contributed by atoms with E-state index in [1.54, 1.807) is 4.68 Å². The van der Waals surface area contributed by atoms with Crippen LogP contribution < -0.4 is 0 Å². The van der Waals surface area contributed by atoms with Gasteiger partial charge >= 0.3 is 0 Å². The Morgan fingerprint density at radius 3 is 2.24 bits per heavy atom. The van der Waals surface area contributed by atoms with E-state index in [0.29, 0.717) is 11.8 Å². The van der Waals surface area contributed by atoms with E-state index in [1.165, 1.54) is 11.1 Å². The van der Waals surface area contributed by atoms with E-state index in [2.05, 4.69) is 42.4 Å². The Balaban J connectivity index is 2.55. The molecule has 17 heavy (non-hydrogen) atoms. The number of halogens is 2. The molecule has 0 atom stereocenters. The summed E-state index contributed by atoms with van der Waals surface area (Å²) in [5, 5.41) is 8.15. The maximum absolute atomic E-state index is 5.93. The second kappa shape index (κ2) is 5.07. The quantitative estimate of drug-likeness (QED) is 0.800. The second-order valence-electron chi connectivity index (χ2n) is 4.01. The van der Waals surface area contributed by atoms with E-state index in [0.717, 1.165) is 17.1 Å². The van der Waals surface area contributed by atoms with Crippen molar-refractivity contribution in [3.05, 3.63) is 40.7 Å². The molecule has 0 saturated carbocycles. The number of alkyl halides is 2. The molecule has 0 saturated heterocycles. The Labute approximate surface area is 110 Å². The Bertz CT molecular complexity index is 514. The second-order valence-corrected chi connectivity index (χ2v) is 4.54. The van der Waals surface area contributed by atoms with Crippen molar-refractivity contribution >= 4 is 23.2 Å². The van der Waals surface area contributed by atoms with Crippen molar-refractivity contribution in [1.82, 2.24) is 15.0 Å². The summed E-state index contributed by atoms with van der Waals surface area (Å²) in [6.07, 6.45) is 0. The molecule has 1 aromatic heterocycles. The number of hydrogen-bond acceptors (Lipinski definition) is 2. The zero-order chi connectivity index (χ0) is 12.4. The van der Waals surface area contributed by atoms with Gasteiger partial charge in [0.1, 0.15) is 5.69 Å². The third-order valence-electron chi connectivity index (χ3n) is 2.55. The van der Waals surface area contributed by atoms with Crippen LogP contribution in [-0.2, 0) is 11.8 Å². The molecule has 0 bridgehead atoms. The Morgan fingerprint density at radius 2 is 1.71 bits per heavy atom. The van der Waals surface area contributed by atoms with Crippen molar-refractivity contribution in [2.24, 2.45) is 0 Å². The van der Waals surface area contributed by atoms with Gasteiger partial charge in [-0.05, 0) is 37.1 Å². The predicted molar refractivity (Wildman–Crippen MR) is 69.9 cm³/mol. The van der Waals surface area contributed by atoms with Crippen LogP contribution in [0.2, 0.25) is 0 Å². The van der Waals surface area contributed by atoms with Crippen LogP contribution in [0.5, 0.6) is 0 Å². The zero-order valence-electron chi connectivity index (χ0n) is 9.74. The third-order valence-corrected chi connectivity index (χ3v) is 3.05. The monoisotopic (exact) mass is 269 g/mol. The zero-order valence-corrected chi connectivity index (χ0v) is 11.3. The van der Waals surface area contributed by atoms with Crippen LogP contribution in [0.15, 0.2) is 18.2 Å². The van der Waals surface area contributed by atoms with Crippen LogP contribution >= 0.6 is 23.2 Å². The van der Waals surface area contributed by atoms with E-state index >= 15 is 0 Å². The van der Waals surface area contributed by atoms with Gasteiger partial charge in [-0.1, -0.05) is 11.3 Å². The summed E-state index contributed by atoms with van der Waals surface area (Å²) >= 11 is 11.7. The van der Waals surface area contributed by atoms with Crippen molar-refractivity contribution in [1.29, 1.82) is 0 Å². The maximum Gasteiger partial charge on any atom is 0.102 e. The van der Waals surface area contributed by atoms with Gasteiger partial charge < -0.3 is 0 Å². The van der Waals surface area contributed by atoms with Crippen LogP contribution in [0.1, 0.15) is 22.5 Å². The summed E-state index contributed by atoms with van der Waals surface area (Å²) in [6.45, 7) is 4.10. The first-order valence-corrected chi connectivity index (χ1v) is 6.36.